The molecule has 0 bridgehead atoms. The first-order valence-electron chi connectivity index (χ1n) is 9.70. The highest BCUT2D eigenvalue weighted by molar-refractivity contribution is 6.30. The molecule has 160 valence electrons. The molecule has 0 radical (unpaired) electrons. The Kier molecular flexibility index (Phi) is 6.57. The Balaban J connectivity index is 1.47. The van der Waals surface area contributed by atoms with Gasteiger partial charge in [-0.05, 0) is 54.1 Å². The molecule has 0 unspecified atom stereocenters. The van der Waals surface area contributed by atoms with Gasteiger partial charge in [-0.15, -0.1) is 0 Å². The fourth-order valence-corrected chi connectivity index (χ4v) is 3.14. The number of rotatable bonds is 7. The monoisotopic (exact) mass is 448 g/mol. The Morgan fingerprint density at radius 2 is 1.88 bits per heavy atom. The van der Waals surface area contributed by atoms with E-state index >= 15 is 0 Å². The zero-order chi connectivity index (χ0) is 22.3. The van der Waals surface area contributed by atoms with Gasteiger partial charge in [-0.1, -0.05) is 41.9 Å². The van der Waals surface area contributed by atoms with Gasteiger partial charge in [-0.3, -0.25) is 4.79 Å². The van der Waals surface area contributed by atoms with Crippen LogP contribution in [0.3, 0.4) is 0 Å². The summed E-state index contributed by atoms with van der Waals surface area (Å²) >= 11 is 5.84. The van der Waals surface area contributed by atoms with Crippen molar-refractivity contribution in [2.75, 3.05) is 6.61 Å². The number of hydrogen-bond acceptors (Lipinski definition) is 4. The second kappa shape index (κ2) is 9.89. The summed E-state index contributed by atoms with van der Waals surface area (Å²) in [5.41, 5.74) is 5.11. The molecule has 0 atom stereocenters. The predicted octanol–water partition coefficient (Wildman–Crippen LogP) is 4.86. The van der Waals surface area contributed by atoms with E-state index < -0.39 is 11.7 Å². The summed E-state index contributed by atoms with van der Waals surface area (Å²) in [7, 11) is 0. The van der Waals surface area contributed by atoms with E-state index in [0.29, 0.717) is 22.0 Å². The maximum atomic E-state index is 14.0. The number of nitrogens with zero attached hydrogens (tertiary/aromatic N) is 3. The smallest absolute Gasteiger partial charge is 0.277 e. The van der Waals surface area contributed by atoms with Crippen LogP contribution < -0.4 is 10.2 Å². The lowest BCUT2D eigenvalue weighted by Crippen LogP contribution is -2.24. The van der Waals surface area contributed by atoms with E-state index in [1.807, 2.05) is 30.3 Å². The van der Waals surface area contributed by atoms with Gasteiger partial charge in [-0.25, -0.2) is 14.5 Å². The third-order valence-corrected chi connectivity index (χ3v) is 4.74. The number of hydrogen-bond donors (Lipinski definition) is 1. The molecule has 0 saturated heterocycles. The molecule has 0 spiro atoms. The Labute approximate surface area is 188 Å². The first-order chi connectivity index (χ1) is 15.6. The van der Waals surface area contributed by atoms with Gasteiger partial charge < -0.3 is 4.74 Å². The van der Waals surface area contributed by atoms with Crippen LogP contribution >= 0.6 is 11.6 Å². The van der Waals surface area contributed by atoms with Crippen LogP contribution in [0.5, 0.6) is 5.75 Å². The van der Waals surface area contributed by atoms with Crippen molar-refractivity contribution in [3.63, 3.8) is 0 Å². The molecule has 1 aromatic heterocycles. The van der Waals surface area contributed by atoms with Crippen LogP contribution in [-0.2, 0) is 4.79 Å². The number of carbonyl (C=O) groups excluding carboxylic acids is 1. The molecule has 0 fully saturated rings. The Morgan fingerprint density at radius 1 is 1.09 bits per heavy atom. The predicted molar refractivity (Wildman–Crippen MR) is 122 cm³/mol. The van der Waals surface area contributed by atoms with E-state index in [1.54, 1.807) is 41.2 Å². The quantitative estimate of drug-likeness (QED) is 0.324. The molecule has 1 N–H and O–H groups in total. The van der Waals surface area contributed by atoms with Crippen LogP contribution in [0.15, 0.2) is 90.2 Å². The number of halogens is 2. The number of ether oxygens (including phenoxy) is 1. The van der Waals surface area contributed by atoms with Gasteiger partial charge in [0.15, 0.2) is 6.61 Å². The summed E-state index contributed by atoms with van der Waals surface area (Å²) in [5.74, 6) is -0.534. The lowest BCUT2D eigenvalue weighted by atomic mass is 10.1. The van der Waals surface area contributed by atoms with Crippen LogP contribution in [0, 0.1) is 5.82 Å². The number of carbonyl (C=O) groups is 1. The van der Waals surface area contributed by atoms with E-state index in [0.717, 1.165) is 11.3 Å². The SMILES string of the molecule is O=C(COc1ccc(F)cc1-c1ccnn1-c1ccccc1)N/N=C/c1ccc(Cl)cc1. The van der Waals surface area contributed by atoms with Gasteiger partial charge in [0, 0.05) is 10.6 Å². The third-order valence-electron chi connectivity index (χ3n) is 4.49. The normalized spacial score (nSPS) is 10.9. The van der Waals surface area contributed by atoms with Gasteiger partial charge in [-0.2, -0.15) is 10.2 Å². The summed E-state index contributed by atoms with van der Waals surface area (Å²) in [4.78, 5) is 12.2. The van der Waals surface area contributed by atoms with Crippen molar-refractivity contribution in [1.82, 2.24) is 15.2 Å². The van der Waals surface area contributed by atoms with E-state index in [2.05, 4.69) is 15.6 Å². The second-order valence-electron chi connectivity index (χ2n) is 6.74. The Morgan fingerprint density at radius 3 is 2.66 bits per heavy atom. The van der Waals surface area contributed by atoms with E-state index in [4.69, 9.17) is 16.3 Å². The number of hydrazone groups is 1. The lowest BCUT2D eigenvalue weighted by Gasteiger charge is -2.13. The molecule has 1 heterocycles. The zero-order valence-corrected chi connectivity index (χ0v) is 17.5. The van der Waals surface area contributed by atoms with Gasteiger partial charge in [0.25, 0.3) is 5.91 Å². The highest BCUT2D eigenvalue weighted by Crippen LogP contribution is 2.32. The summed E-state index contributed by atoms with van der Waals surface area (Å²) in [6, 6.07) is 22.3. The summed E-state index contributed by atoms with van der Waals surface area (Å²) < 4.78 is 21.4. The van der Waals surface area contributed by atoms with Crippen LogP contribution in [0.25, 0.3) is 16.9 Å². The zero-order valence-electron chi connectivity index (χ0n) is 16.8. The second-order valence-corrected chi connectivity index (χ2v) is 7.17. The number of amides is 1. The van der Waals surface area contributed by atoms with Crippen molar-refractivity contribution in [3.8, 4) is 22.7 Å². The fourth-order valence-electron chi connectivity index (χ4n) is 3.01. The molecule has 0 aliphatic carbocycles. The molecule has 4 aromatic rings. The molecule has 3 aromatic carbocycles. The van der Waals surface area contributed by atoms with Gasteiger partial charge in [0.05, 0.1) is 23.8 Å². The van der Waals surface area contributed by atoms with Crippen LogP contribution in [0.4, 0.5) is 4.39 Å². The molecular formula is C24H18ClFN4O2. The first-order valence-corrected chi connectivity index (χ1v) is 10.1. The van der Waals surface area contributed by atoms with Gasteiger partial charge >= 0.3 is 0 Å². The molecule has 0 saturated carbocycles. The van der Waals surface area contributed by atoms with E-state index in [-0.39, 0.29) is 6.61 Å². The average molecular weight is 449 g/mol. The average Bonchev–Trinajstić information content (AvgIpc) is 3.30. The van der Waals surface area contributed by atoms with Crippen molar-refractivity contribution in [3.05, 3.63) is 101 Å². The van der Waals surface area contributed by atoms with Crippen molar-refractivity contribution < 1.29 is 13.9 Å². The van der Waals surface area contributed by atoms with Crippen LogP contribution in [0.1, 0.15) is 5.56 Å². The van der Waals surface area contributed by atoms with Crippen LogP contribution in [-0.4, -0.2) is 28.5 Å². The first kappa shape index (κ1) is 21.3. The molecule has 0 aliphatic rings. The minimum absolute atomic E-state index is 0.296. The van der Waals surface area contributed by atoms with E-state index in [9.17, 15) is 9.18 Å². The number of nitrogens with one attached hydrogen (secondary N) is 1. The van der Waals surface area contributed by atoms with Crippen molar-refractivity contribution >= 4 is 23.7 Å². The van der Waals surface area contributed by atoms with Gasteiger partial charge in [0.1, 0.15) is 11.6 Å². The number of aromatic nitrogens is 2. The summed E-state index contributed by atoms with van der Waals surface area (Å²) in [5, 5.41) is 8.85. The third kappa shape index (κ3) is 5.19. The van der Waals surface area contributed by atoms with Crippen LogP contribution in [0.2, 0.25) is 5.02 Å². The molecule has 6 nitrogen and oxygen atoms in total. The maximum Gasteiger partial charge on any atom is 0.277 e. The van der Waals surface area contributed by atoms with Crippen molar-refractivity contribution in [2.24, 2.45) is 5.10 Å². The highest BCUT2D eigenvalue weighted by atomic mass is 35.5. The Bertz CT molecular complexity index is 1240. The van der Waals surface area contributed by atoms with Crippen molar-refractivity contribution in [2.45, 2.75) is 0 Å². The standard InChI is InChI=1S/C24H18ClFN4O2/c25-18-8-6-17(7-9-18)15-27-29-24(31)16-32-23-11-10-19(26)14-21(23)22-12-13-28-30(22)20-4-2-1-3-5-20/h1-15H,16H2,(H,29,31)/b27-15+. The Hall–Kier alpha value is -3.97. The largest absolute Gasteiger partial charge is 0.483 e. The van der Waals surface area contributed by atoms with E-state index in [1.165, 1.54) is 24.4 Å². The van der Waals surface area contributed by atoms with Crippen molar-refractivity contribution in [1.29, 1.82) is 0 Å². The number of benzene rings is 3. The summed E-state index contributed by atoms with van der Waals surface area (Å²) in [6.07, 6.45) is 3.12. The highest BCUT2D eigenvalue weighted by Gasteiger charge is 2.15. The fraction of sp³-hybridized carbons (Fsp3) is 0.0417. The summed E-state index contributed by atoms with van der Waals surface area (Å²) in [6.45, 7) is -0.296. The minimum atomic E-state index is -0.456. The molecule has 8 heteroatoms. The molecule has 4 rings (SSSR count). The number of para-hydroxylation sites is 1. The lowest BCUT2D eigenvalue weighted by molar-refractivity contribution is -0.123. The molecular weight excluding hydrogens is 431 g/mol. The maximum absolute atomic E-state index is 14.0. The molecule has 32 heavy (non-hydrogen) atoms. The minimum Gasteiger partial charge on any atom is -0.483 e. The molecule has 0 aliphatic heterocycles. The molecule has 1 amide bonds. The van der Waals surface area contributed by atoms with Gasteiger partial charge in [0.2, 0.25) is 0 Å². The topological polar surface area (TPSA) is 68.5 Å².